The van der Waals surface area contributed by atoms with E-state index in [1.807, 2.05) is 0 Å². The third-order valence-corrected chi connectivity index (χ3v) is 3.81. The molecule has 0 bridgehead atoms. The summed E-state index contributed by atoms with van der Waals surface area (Å²) in [5.74, 6) is 0. The van der Waals surface area contributed by atoms with Crippen molar-refractivity contribution in [2.75, 3.05) is 26.8 Å². The van der Waals surface area contributed by atoms with Crippen LogP contribution in [0.5, 0.6) is 0 Å². The number of piperazine rings is 1. The highest BCUT2D eigenvalue weighted by molar-refractivity contribution is 4.87. The van der Waals surface area contributed by atoms with Crippen LogP contribution >= 0.6 is 0 Å². The van der Waals surface area contributed by atoms with Crippen molar-refractivity contribution in [2.45, 2.75) is 58.2 Å². The van der Waals surface area contributed by atoms with Gasteiger partial charge in [-0.25, -0.2) is 0 Å². The molecule has 0 aromatic rings. The summed E-state index contributed by atoms with van der Waals surface area (Å²) in [5, 5.41) is 3.64. The maximum atomic E-state index is 5.18. The monoisotopic (exact) mass is 228 g/mol. The van der Waals surface area contributed by atoms with Crippen LogP contribution in [-0.2, 0) is 4.74 Å². The molecule has 1 heterocycles. The zero-order chi connectivity index (χ0) is 12.0. The lowest BCUT2D eigenvalue weighted by Gasteiger charge is -2.43. The summed E-state index contributed by atoms with van der Waals surface area (Å²) in [5.41, 5.74) is 0. The summed E-state index contributed by atoms with van der Waals surface area (Å²) in [6.45, 7) is 10.1. The number of methoxy groups -OCH3 is 1. The average molecular weight is 228 g/mol. The molecular formula is C13H28N2O. The number of hydrogen-bond donors (Lipinski definition) is 1. The molecule has 96 valence electrons. The van der Waals surface area contributed by atoms with Gasteiger partial charge in [0.15, 0.2) is 0 Å². The van der Waals surface area contributed by atoms with E-state index in [9.17, 15) is 0 Å². The highest BCUT2D eigenvalue weighted by Crippen LogP contribution is 2.17. The SMILES string of the molecule is CCC1CN(C(C)CCOC)C(CC)CN1. The average Bonchev–Trinajstić information content (AvgIpc) is 2.35. The molecule has 0 radical (unpaired) electrons. The first-order valence-electron chi connectivity index (χ1n) is 6.70. The van der Waals surface area contributed by atoms with E-state index in [1.54, 1.807) is 7.11 Å². The topological polar surface area (TPSA) is 24.5 Å². The second-order valence-electron chi connectivity index (χ2n) is 4.90. The summed E-state index contributed by atoms with van der Waals surface area (Å²) in [7, 11) is 1.79. The van der Waals surface area contributed by atoms with E-state index in [0.717, 1.165) is 19.6 Å². The molecule has 1 saturated heterocycles. The van der Waals surface area contributed by atoms with Crippen LogP contribution in [0.3, 0.4) is 0 Å². The molecule has 1 N–H and O–H groups in total. The van der Waals surface area contributed by atoms with Gasteiger partial charge in [0, 0.05) is 44.9 Å². The van der Waals surface area contributed by atoms with Crippen molar-refractivity contribution < 1.29 is 4.74 Å². The van der Waals surface area contributed by atoms with E-state index in [4.69, 9.17) is 4.74 Å². The van der Waals surface area contributed by atoms with E-state index in [2.05, 4.69) is 31.0 Å². The third-order valence-electron chi connectivity index (χ3n) is 3.81. The van der Waals surface area contributed by atoms with Crippen LogP contribution < -0.4 is 5.32 Å². The van der Waals surface area contributed by atoms with E-state index >= 15 is 0 Å². The Morgan fingerprint density at radius 1 is 1.38 bits per heavy atom. The molecule has 3 unspecified atom stereocenters. The Morgan fingerprint density at radius 3 is 2.69 bits per heavy atom. The first-order valence-corrected chi connectivity index (χ1v) is 6.70. The molecule has 0 aromatic heterocycles. The molecule has 1 aliphatic rings. The van der Waals surface area contributed by atoms with Gasteiger partial charge in [-0.1, -0.05) is 13.8 Å². The van der Waals surface area contributed by atoms with E-state index in [-0.39, 0.29) is 0 Å². The molecule has 1 aliphatic heterocycles. The van der Waals surface area contributed by atoms with Crippen LogP contribution in [0.25, 0.3) is 0 Å². The number of nitrogens with zero attached hydrogens (tertiary/aromatic N) is 1. The van der Waals surface area contributed by atoms with Gasteiger partial charge in [-0.05, 0) is 26.2 Å². The summed E-state index contributed by atoms with van der Waals surface area (Å²) in [6.07, 6.45) is 3.61. The summed E-state index contributed by atoms with van der Waals surface area (Å²) in [4.78, 5) is 2.67. The largest absolute Gasteiger partial charge is 0.385 e. The number of hydrogen-bond acceptors (Lipinski definition) is 3. The molecule has 0 amide bonds. The fourth-order valence-corrected chi connectivity index (χ4v) is 2.53. The Balaban J connectivity index is 2.49. The van der Waals surface area contributed by atoms with E-state index < -0.39 is 0 Å². The minimum atomic E-state index is 0.640. The molecule has 0 aromatic carbocycles. The maximum Gasteiger partial charge on any atom is 0.0477 e. The lowest BCUT2D eigenvalue weighted by molar-refractivity contribution is 0.0652. The van der Waals surface area contributed by atoms with Crippen LogP contribution in [0.1, 0.15) is 40.0 Å². The Labute approximate surface area is 101 Å². The van der Waals surface area contributed by atoms with Crippen LogP contribution in [0.4, 0.5) is 0 Å². The number of ether oxygens (including phenoxy) is 1. The Hall–Kier alpha value is -0.120. The van der Waals surface area contributed by atoms with Gasteiger partial charge in [0.2, 0.25) is 0 Å². The number of nitrogens with one attached hydrogen (secondary N) is 1. The molecule has 16 heavy (non-hydrogen) atoms. The van der Waals surface area contributed by atoms with Gasteiger partial charge in [-0.15, -0.1) is 0 Å². The molecule has 3 atom stereocenters. The van der Waals surface area contributed by atoms with Crippen LogP contribution in [0, 0.1) is 0 Å². The normalized spacial score (nSPS) is 29.2. The predicted octanol–water partition coefficient (Wildman–Crippen LogP) is 1.87. The fourth-order valence-electron chi connectivity index (χ4n) is 2.53. The molecule has 0 saturated carbocycles. The van der Waals surface area contributed by atoms with Crippen molar-refractivity contribution in [3.8, 4) is 0 Å². The summed E-state index contributed by atoms with van der Waals surface area (Å²) < 4.78 is 5.18. The standard InChI is InChI=1S/C13H28N2O/c1-5-12-10-15(11(3)7-8-16-4)13(6-2)9-14-12/h11-14H,5-10H2,1-4H3. The van der Waals surface area contributed by atoms with Crippen molar-refractivity contribution in [1.29, 1.82) is 0 Å². The number of rotatable bonds is 6. The molecule has 0 aliphatic carbocycles. The van der Waals surface area contributed by atoms with Gasteiger partial charge in [-0.3, -0.25) is 4.90 Å². The lowest BCUT2D eigenvalue weighted by atomic mass is 10.0. The second kappa shape index (κ2) is 7.25. The quantitative estimate of drug-likeness (QED) is 0.751. The van der Waals surface area contributed by atoms with Gasteiger partial charge < -0.3 is 10.1 Å². The van der Waals surface area contributed by atoms with E-state index in [1.165, 1.54) is 19.4 Å². The zero-order valence-electron chi connectivity index (χ0n) is 11.3. The van der Waals surface area contributed by atoms with Crippen molar-refractivity contribution in [3.63, 3.8) is 0 Å². The van der Waals surface area contributed by atoms with Gasteiger partial charge in [0.25, 0.3) is 0 Å². The van der Waals surface area contributed by atoms with Gasteiger partial charge in [0.05, 0.1) is 0 Å². The van der Waals surface area contributed by atoms with Crippen LogP contribution in [0.2, 0.25) is 0 Å². The highest BCUT2D eigenvalue weighted by Gasteiger charge is 2.28. The third kappa shape index (κ3) is 3.72. The van der Waals surface area contributed by atoms with Crippen LogP contribution in [-0.4, -0.2) is 49.8 Å². The Morgan fingerprint density at radius 2 is 2.12 bits per heavy atom. The molecule has 3 heteroatoms. The summed E-state index contributed by atoms with van der Waals surface area (Å²) in [6, 6.07) is 2.02. The molecular weight excluding hydrogens is 200 g/mol. The molecule has 3 nitrogen and oxygen atoms in total. The van der Waals surface area contributed by atoms with Crippen molar-refractivity contribution in [2.24, 2.45) is 0 Å². The molecule has 1 rings (SSSR count). The first kappa shape index (κ1) is 13.9. The van der Waals surface area contributed by atoms with E-state index in [0.29, 0.717) is 18.1 Å². The molecule has 1 fully saturated rings. The van der Waals surface area contributed by atoms with Crippen molar-refractivity contribution in [3.05, 3.63) is 0 Å². The van der Waals surface area contributed by atoms with Gasteiger partial charge in [-0.2, -0.15) is 0 Å². The summed E-state index contributed by atoms with van der Waals surface area (Å²) >= 11 is 0. The van der Waals surface area contributed by atoms with Gasteiger partial charge in [0.1, 0.15) is 0 Å². The Bertz CT molecular complexity index is 187. The minimum absolute atomic E-state index is 0.640. The van der Waals surface area contributed by atoms with Gasteiger partial charge >= 0.3 is 0 Å². The molecule has 0 spiro atoms. The van der Waals surface area contributed by atoms with Crippen LogP contribution in [0.15, 0.2) is 0 Å². The maximum absolute atomic E-state index is 5.18. The van der Waals surface area contributed by atoms with Crippen molar-refractivity contribution >= 4 is 0 Å². The highest BCUT2D eigenvalue weighted by atomic mass is 16.5. The second-order valence-corrected chi connectivity index (χ2v) is 4.90. The van der Waals surface area contributed by atoms with Crippen molar-refractivity contribution in [1.82, 2.24) is 10.2 Å². The minimum Gasteiger partial charge on any atom is -0.385 e. The zero-order valence-corrected chi connectivity index (χ0v) is 11.3. The Kier molecular flexibility index (Phi) is 6.32. The lowest BCUT2D eigenvalue weighted by Crippen LogP contribution is -2.58. The first-order chi connectivity index (χ1) is 7.72. The smallest absolute Gasteiger partial charge is 0.0477 e. The fraction of sp³-hybridized carbons (Fsp3) is 1.00. The predicted molar refractivity (Wildman–Crippen MR) is 68.8 cm³/mol.